The van der Waals surface area contributed by atoms with E-state index in [-0.39, 0.29) is 22.5 Å². The molecule has 3 aliphatic carbocycles. The fourth-order valence-electron chi connectivity index (χ4n) is 6.98. The smallest absolute Gasteiger partial charge is 0.174 e. The number of phenols is 1. The number of ketones is 1. The van der Waals surface area contributed by atoms with Crippen molar-refractivity contribution in [1.29, 1.82) is 0 Å². The van der Waals surface area contributed by atoms with Crippen molar-refractivity contribution in [2.45, 2.75) is 48.8 Å². The molecule has 5 nitrogen and oxygen atoms in total. The second-order valence-electron chi connectivity index (χ2n) is 8.85. The molecular weight excluding hydrogens is 340 g/mol. The molecule has 27 heavy (non-hydrogen) atoms. The van der Waals surface area contributed by atoms with Gasteiger partial charge in [0.2, 0.25) is 0 Å². The Morgan fingerprint density at radius 2 is 2.04 bits per heavy atom. The summed E-state index contributed by atoms with van der Waals surface area (Å²) < 4.78 is 6.15. The minimum Gasteiger partial charge on any atom is -0.504 e. The molecule has 2 aromatic rings. The summed E-state index contributed by atoms with van der Waals surface area (Å²) in [5.74, 6) is 1.35. The number of Topliss-reactive ketones (excluding diaryl/α,β-unsaturated/α-hetero) is 1. The Morgan fingerprint density at radius 1 is 1.19 bits per heavy atom. The first-order valence-corrected chi connectivity index (χ1v) is 9.81. The molecule has 2 aliphatic heterocycles. The molecule has 2 heterocycles. The SMILES string of the molecule is O=C1CCC2C3N(Nc4ccccc4)[C@@]34Cc3ccc(O)c5c3[C@@]2(C4)[C@H]1O5. The normalized spacial score (nSPS) is 41.6. The average Bonchev–Trinajstić information content (AvgIpc) is 2.99. The summed E-state index contributed by atoms with van der Waals surface area (Å²) in [6.45, 7) is 0. The van der Waals surface area contributed by atoms with E-state index < -0.39 is 6.10 Å². The number of aromatic hydroxyl groups is 1. The zero-order valence-electron chi connectivity index (χ0n) is 14.8. The van der Waals surface area contributed by atoms with E-state index in [2.05, 4.69) is 22.6 Å². The lowest BCUT2D eigenvalue weighted by Crippen LogP contribution is -2.55. The quantitative estimate of drug-likeness (QED) is 0.807. The topological polar surface area (TPSA) is 61.6 Å². The number of fused-ring (bicyclic) bond motifs is 1. The van der Waals surface area contributed by atoms with Gasteiger partial charge in [-0.3, -0.25) is 4.79 Å². The van der Waals surface area contributed by atoms with Crippen LogP contribution >= 0.6 is 0 Å². The molecular formula is C22H20N2O3. The van der Waals surface area contributed by atoms with Gasteiger partial charge in [-0.05, 0) is 48.9 Å². The van der Waals surface area contributed by atoms with E-state index in [1.165, 1.54) is 5.56 Å². The Labute approximate surface area is 156 Å². The molecule has 1 saturated heterocycles. The van der Waals surface area contributed by atoms with Crippen LogP contribution in [0.25, 0.3) is 0 Å². The summed E-state index contributed by atoms with van der Waals surface area (Å²) in [6.07, 6.45) is 2.96. The maximum absolute atomic E-state index is 12.8. The van der Waals surface area contributed by atoms with Crippen LogP contribution in [0.4, 0.5) is 5.69 Å². The van der Waals surface area contributed by atoms with Crippen LogP contribution in [0.3, 0.4) is 0 Å². The molecule has 2 bridgehead atoms. The summed E-state index contributed by atoms with van der Waals surface area (Å²) >= 11 is 0. The number of ether oxygens (including phenoxy) is 1. The van der Waals surface area contributed by atoms with E-state index in [0.717, 1.165) is 30.5 Å². The minimum atomic E-state index is -0.415. The number of phenolic OH excluding ortho intramolecular Hbond substituents is 1. The third-order valence-electron chi connectivity index (χ3n) is 7.79. The Bertz CT molecular complexity index is 1020. The van der Waals surface area contributed by atoms with Crippen molar-refractivity contribution in [3.05, 3.63) is 53.6 Å². The van der Waals surface area contributed by atoms with Crippen LogP contribution in [0, 0.1) is 5.92 Å². The Balaban J connectivity index is 1.38. The summed E-state index contributed by atoms with van der Waals surface area (Å²) in [5, 5.41) is 12.8. The number of hydrogen-bond acceptors (Lipinski definition) is 5. The number of rotatable bonds is 2. The largest absolute Gasteiger partial charge is 0.504 e. The van der Waals surface area contributed by atoms with Gasteiger partial charge in [0.1, 0.15) is 0 Å². The van der Waals surface area contributed by atoms with Crippen LogP contribution in [0.2, 0.25) is 0 Å². The Morgan fingerprint density at radius 3 is 2.89 bits per heavy atom. The van der Waals surface area contributed by atoms with Gasteiger partial charge in [0.05, 0.1) is 11.6 Å². The van der Waals surface area contributed by atoms with Crippen molar-refractivity contribution in [3.8, 4) is 11.5 Å². The number of hydrogen-bond donors (Lipinski definition) is 2. The number of piperidine rings is 1. The highest BCUT2D eigenvalue weighted by Crippen LogP contribution is 2.75. The molecule has 136 valence electrons. The molecule has 0 radical (unpaired) electrons. The first-order valence-electron chi connectivity index (χ1n) is 9.81. The summed E-state index contributed by atoms with van der Waals surface area (Å²) in [6, 6.07) is 14.5. The van der Waals surface area contributed by atoms with Crippen molar-refractivity contribution in [1.82, 2.24) is 5.01 Å². The van der Waals surface area contributed by atoms with Gasteiger partial charge in [0.25, 0.3) is 0 Å². The maximum Gasteiger partial charge on any atom is 0.174 e. The molecule has 3 fully saturated rings. The predicted octanol–water partition coefficient (Wildman–Crippen LogP) is 2.78. The van der Waals surface area contributed by atoms with Gasteiger partial charge in [0, 0.05) is 23.1 Å². The van der Waals surface area contributed by atoms with E-state index in [1.54, 1.807) is 6.07 Å². The van der Waals surface area contributed by atoms with Gasteiger partial charge in [-0.25, -0.2) is 5.01 Å². The number of benzene rings is 2. The van der Waals surface area contributed by atoms with Crippen molar-refractivity contribution in [3.63, 3.8) is 0 Å². The van der Waals surface area contributed by atoms with Gasteiger partial charge < -0.3 is 15.3 Å². The van der Waals surface area contributed by atoms with Crippen LogP contribution < -0.4 is 10.2 Å². The highest BCUT2D eigenvalue weighted by atomic mass is 16.5. The first kappa shape index (κ1) is 14.5. The number of hydrazine groups is 1. The molecule has 5 heteroatoms. The lowest BCUT2D eigenvalue weighted by molar-refractivity contribution is -0.133. The van der Waals surface area contributed by atoms with E-state index in [1.807, 2.05) is 24.3 Å². The van der Waals surface area contributed by atoms with E-state index in [9.17, 15) is 9.90 Å². The lowest BCUT2D eigenvalue weighted by atomic mass is 9.59. The standard InChI is InChI=1S/C22H20N2O3/c25-15-8-6-12-10-21-11-22-14(7-9-16(26)20(22)27-18(15)17(12)22)19(21)24(21)23-13-4-2-1-3-5-13/h1-6,8,14,19-20,23,25H,7,9-11H2/t14?,19?,20-,21+,22-,24?/m0/s1. The molecule has 0 aromatic heterocycles. The number of nitrogens with one attached hydrogen (secondary N) is 1. The zero-order valence-corrected chi connectivity index (χ0v) is 14.8. The summed E-state index contributed by atoms with van der Waals surface area (Å²) in [5.41, 5.74) is 6.95. The van der Waals surface area contributed by atoms with Crippen molar-refractivity contribution < 1.29 is 14.6 Å². The van der Waals surface area contributed by atoms with Crippen LogP contribution in [0.1, 0.15) is 30.4 Å². The number of carbonyl (C=O) groups is 1. The second-order valence-corrected chi connectivity index (χ2v) is 8.85. The first-order chi connectivity index (χ1) is 13.1. The average molecular weight is 360 g/mol. The highest BCUT2D eigenvalue weighted by molar-refractivity contribution is 5.90. The Kier molecular flexibility index (Phi) is 2.31. The van der Waals surface area contributed by atoms with Crippen LogP contribution in [0.5, 0.6) is 11.5 Å². The van der Waals surface area contributed by atoms with Crippen molar-refractivity contribution >= 4 is 11.5 Å². The van der Waals surface area contributed by atoms with Gasteiger partial charge in [-0.1, -0.05) is 24.3 Å². The zero-order chi connectivity index (χ0) is 18.0. The molecule has 2 N–H and O–H groups in total. The number of anilines is 1. The van der Waals surface area contributed by atoms with Gasteiger partial charge in [-0.15, -0.1) is 0 Å². The van der Waals surface area contributed by atoms with Gasteiger partial charge in [-0.2, -0.15) is 0 Å². The molecule has 3 unspecified atom stereocenters. The third-order valence-corrected chi connectivity index (χ3v) is 7.79. The lowest BCUT2D eigenvalue weighted by Gasteiger charge is -2.45. The molecule has 2 saturated carbocycles. The van der Waals surface area contributed by atoms with Gasteiger partial charge in [0.15, 0.2) is 23.4 Å². The van der Waals surface area contributed by atoms with E-state index in [4.69, 9.17) is 4.74 Å². The maximum atomic E-state index is 12.8. The molecule has 2 spiro atoms. The predicted molar refractivity (Wildman–Crippen MR) is 98.7 cm³/mol. The van der Waals surface area contributed by atoms with E-state index >= 15 is 0 Å². The van der Waals surface area contributed by atoms with Crippen LogP contribution in [-0.4, -0.2) is 33.6 Å². The number of nitrogens with zero attached hydrogens (tertiary/aromatic N) is 1. The Hall–Kier alpha value is -2.53. The number of carbonyl (C=O) groups excluding carboxylic acids is 1. The second kappa shape index (κ2) is 4.30. The molecule has 0 amide bonds. The third kappa shape index (κ3) is 1.45. The summed E-state index contributed by atoms with van der Waals surface area (Å²) in [7, 11) is 0. The minimum absolute atomic E-state index is 0.0539. The van der Waals surface area contributed by atoms with Crippen molar-refractivity contribution in [2.24, 2.45) is 5.92 Å². The molecule has 6 atom stereocenters. The van der Waals surface area contributed by atoms with Gasteiger partial charge >= 0.3 is 0 Å². The van der Waals surface area contributed by atoms with Crippen molar-refractivity contribution in [2.75, 3.05) is 5.43 Å². The summed E-state index contributed by atoms with van der Waals surface area (Å²) in [4.78, 5) is 12.8. The van der Waals surface area contributed by atoms with Crippen LogP contribution in [-0.2, 0) is 16.6 Å². The van der Waals surface area contributed by atoms with E-state index in [0.29, 0.717) is 24.1 Å². The highest BCUT2D eigenvalue weighted by Gasteiger charge is 2.83. The molecule has 2 aromatic carbocycles. The fraction of sp³-hybridized carbons (Fsp3) is 0.409. The molecule has 5 aliphatic rings. The molecule has 7 rings (SSSR count). The fourth-order valence-corrected chi connectivity index (χ4v) is 6.98. The number of para-hydroxylation sites is 1. The van der Waals surface area contributed by atoms with Crippen LogP contribution in [0.15, 0.2) is 42.5 Å². The monoisotopic (exact) mass is 360 g/mol.